The molecule has 0 aromatic carbocycles. The molecule has 1 fully saturated rings. The van der Waals surface area contributed by atoms with Gasteiger partial charge in [-0.25, -0.2) is 0 Å². The number of hydrogen-bond acceptors (Lipinski definition) is 3. The molecule has 0 bridgehead atoms. The molecule has 4 nitrogen and oxygen atoms in total. The van der Waals surface area contributed by atoms with Crippen molar-refractivity contribution in [1.29, 1.82) is 0 Å². The van der Waals surface area contributed by atoms with Gasteiger partial charge in [0.2, 0.25) is 0 Å². The first kappa shape index (κ1) is 16.2. The summed E-state index contributed by atoms with van der Waals surface area (Å²) in [6.07, 6.45) is 6.48. The summed E-state index contributed by atoms with van der Waals surface area (Å²) in [7, 11) is 2.04. The Balaban J connectivity index is 2.31. The van der Waals surface area contributed by atoms with Gasteiger partial charge >= 0.3 is 0 Å². The zero-order valence-corrected chi connectivity index (χ0v) is 14.4. The quantitative estimate of drug-likeness (QED) is 0.864. The van der Waals surface area contributed by atoms with E-state index in [0.29, 0.717) is 17.9 Å². The van der Waals surface area contributed by atoms with Gasteiger partial charge in [-0.3, -0.25) is 4.68 Å². The Morgan fingerprint density at radius 3 is 2.33 bits per heavy atom. The molecule has 0 aliphatic heterocycles. The maximum Gasteiger partial charge on any atom is 0.150 e. The lowest BCUT2D eigenvalue weighted by Gasteiger charge is -2.32. The van der Waals surface area contributed by atoms with Crippen LogP contribution in [0.15, 0.2) is 0 Å². The average molecular weight is 292 g/mol. The number of nitrogen functional groups attached to an aromatic ring is 1. The Bertz CT molecular complexity index is 456. The van der Waals surface area contributed by atoms with Crippen molar-refractivity contribution in [2.75, 3.05) is 17.2 Å². The highest BCUT2D eigenvalue weighted by atomic mass is 15.4. The molecule has 1 saturated carbocycles. The predicted octanol–water partition coefficient (Wildman–Crippen LogP) is 3.92. The van der Waals surface area contributed by atoms with Gasteiger partial charge in [0.15, 0.2) is 5.82 Å². The van der Waals surface area contributed by atoms with Crippen LogP contribution in [0.25, 0.3) is 0 Å². The first-order valence-electron chi connectivity index (χ1n) is 8.50. The Labute approximate surface area is 129 Å². The maximum absolute atomic E-state index is 6.45. The third-order valence-corrected chi connectivity index (χ3v) is 4.61. The molecule has 0 saturated heterocycles. The number of hydrogen-bond donors (Lipinski definition) is 1. The minimum atomic E-state index is 0.375. The zero-order chi connectivity index (χ0) is 15.6. The van der Waals surface area contributed by atoms with Crippen molar-refractivity contribution in [3.05, 3.63) is 5.69 Å². The van der Waals surface area contributed by atoms with Crippen LogP contribution in [-0.2, 0) is 7.05 Å². The highest BCUT2D eigenvalue weighted by molar-refractivity contribution is 5.67. The number of nitrogens with zero attached hydrogens (tertiary/aromatic N) is 3. The summed E-state index contributed by atoms with van der Waals surface area (Å²) in [6, 6.07) is 0.640. The van der Waals surface area contributed by atoms with Gasteiger partial charge in [-0.2, -0.15) is 5.10 Å². The molecule has 21 heavy (non-hydrogen) atoms. The van der Waals surface area contributed by atoms with Crippen LogP contribution in [0.1, 0.15) is 71.4 Å². The summed E-state index contributed by atoms with van der Waals surface area (Å²) < 4.78 is 2.00. The zero-order valence-electron chi connectivity index (χ0n) is 14.4. The van der Waals surface area contributed by atoms with E-state index in [-0.39, 0.29) is 0 Å². The van der Waals surface area contributed by atoms with Gasteiger partial charge in [0.1, 0.15) is 0 Å². The number of aromatic nitrogens is 2. The van der Waals surface area contributed by atoms with E-state index in [1.54, 1.807) is 0 Å². The number of rotatable bonds is 6. The molecular formula is C17H32N4. The molecule has 120 valence electrons. The van der Waals surface area contributed by atoms with E-state index < -0.39 is 0 Å². The van der Waals surface area contributed by atoms with Gasteiger partial charge in [0, 0.05) is 19.6 Å². The van der Waals surface area contributed by atoms with Gasteiger partial charge in [-0.15, -0.1) is 0 Å². The summed E-state index contributed by atoms with van der Waals surface area (Å²) in [5.74, 6) is 2.24. The molecule has 0 unspecified atom stereocenters. The van der Waals surface area contributed by atoms with Crippen molar-refractivity contribution in [3.63, 3.8) is 0 Å². The van der Waals surface area contributed by atoms with Crippen LogP contribution in [-0.4, -0.2) is 22.4 Å². The number of nitrogens with two attached hydrogens (primary N) is 1. The molecule has 0 atom stereocenters. The van der Waals surface area contributed by atoms with Gasteiger partial charge in [-0.1, -0.05) is 40.5 Å². The fourth-order valence-electron chi connectivity index (χ4n) is 3.39. The van der Waals surface area contributed by atoms with Crippen LogP contribution in [0.5, 0.6) is 0 Å². The molecule has 1 aromatic heterocycles. The molecule has 1 aromatic rings. The largest absolute Gasteiger partial charge is 0.394 e. The molecule has 2 N–H and O–H groups in total. The number of anilines is 2. The highest BCUT2D eigenvalue weighted by Gasteiger charge is 2.28. The van der Waals surface area contributed by atoms with Crippen molar-refractivity contribution < 1.29 is 0 Å². The molecule has 4 heteroatoms. The van der Waals surface area contributed by atoms with E-state index in [2.05, 4.69) is 37.7 Å². The Morgan fingerprint density at radius 1 is 1.24 bits per heavy atom. The van der Waals surface area contributed by atoms with Crippen molar-refractivity contribution >= 4 is 11.5 Å². The third-order valence-electron chi connectivity index (χ3n) is 4.61. The lowest BCUT2D eigenvalue weighted by atomic mass is 10.1. The normalized spacial score (nSPS) is 16.3. The van der Waals surface area contributed by atoms with Crippen LogP contribution >= 0.6 is 0 Å². The smallest absolute Gasteiger partial charge is 0.150 e. The number of aryl methyl sites for hydroxylation is 1. The highest BCUT2D eigenvalue weighted by Crippen LogP contribution is 2.35. The van der Waals surface area contributed by atoms with E-state index in [1.807, 2.05) is 11.7 Å². The van der Waals surface area contributed by atoms with E-state index in [1.165, 1.54) is 32.1 Å². The monoisotopic (exact) mass is 292 g/mol. The van der Waals surface area contributed by atoms with E-state index in [9.17, 15) is 0 Å². The molecule has 0 spiro atoms. The molecule has 2 rings (SSSR count). The van der Waals surface area contributed by atoms with Crippen LogP contribution in [0.2, 0.25) is 0 Å². The summed E-state index contributed by atoms with van der Waals surface area (Å²) >= 11 is 0. The minimum Gasteiger partial charge on any atom is -0.394 e. The van der Waals surface area contributed by atoms with Crippen LogP contribution in [0, 0.1) is 5.92 Å². The summed E-state index contributed by atoms with van der Waals surface area (Å²) in [6.45, 7) is 9.99. The average Bonchev–Trinajstić information content (AvgIpc) is 3.01. The molecule has 1 aliphatic rings. The van der Waals surface area contributed by atoms with Gasteiger partial charge in [0.25, 0.3) is 0 Å². The van der Waals surface area contributed by atoms with Crippen molar-refractivity contribution in [2.24, 2.45) is 13.0 Å². The van der Waals surface area contributed by atoms with Gasteiger partial charge < -0.3 is 10.6 Å². The van der Waals surface area contributed by atoms with E-state index >= 15 is 0 Å². The van der Waals surface area contributed by atoms with Crippen molar-refractivity contribution in [3.8, 4) is 0 Å². The van der Waals surface area contributed by atoms with Crippen molar-refractivity contribution in [1.82, 2.24) is 9.78 Å². The van der Waals surface area contributed by atoms with Crippen LogP contribution in [0.4, 0.5) is 11.5 Å². The van der Waals surface area contributed by atoms with Crippen LogP contribution < -0.4 is 10.6 Å². The van der Waals surface area contributed by atoms with E-state index in [0.717, 1.165) is 23.7 Å². The predicted molar refractivity (Wildman–Crippen MR) is 90.8 cm³/mol. The van der Waals surface area contributed by atoms with Gasteiger partial charge in [0.05, 0.1) is 11.4 Å². The molecule has 1 heterocycles. The first-order chi connectivity index (χ1) is 9.91. The van der Waals surface area contributed by atoms with Crippen LogP contribution in [0.3, 0.4) is 0 Å². The SMILES string of the molecule is CC(C)CCN(c1c(N)c(C(C)C)nn1C)C1CCCC1. The molecule has 1 aliphatic carbocycles. The third kappa shape index (κ3) is 3.53. The maximum atomic E-state index is 6.45. The Morgan fingerprint density at radius 2 is 1.86 bits per heavy atom. The Hall–Kier alpha value is -1.19. The fraction of sp³-hybridized carbons (Fsp3) is 0.824. The molecule has 0 radical (unpaired) electrons. The summed E-state index contributed by atoms with van der Waals surface area (Å²) in [5.41, 5.74) is 8.39. The molecular weight excluding hydrogens is 260 g/mol. The molecule has 0 amide bonds. The fourth-order valence-corrected chi connectivity index (χ4v) is 3.39. The van der Waals surface area contributed by atoms with Crippen molar-refractivity contribution in [2.45, 2.75) is 71.8 Å². The lowest BCUT2D eigenvalue weighted by molar-refractivity contribution is 0.517. The minimum absolute atomic E-state index is 0.375. The second-order valence-electron chi connectivity index (χ2n) is 7.22. The topological polar surface area (TPSA) is 47.1 Å². The standard InChI is InChI=1S/C17H32N4/c1-12(2)10-11-21(14-8-6-7-9-14)17-15(18)16(13(3)4)19-20(17)5/h12-14H,6-11,18H2,1-5H3. The summed E-state index contributed by atoms with van der Waals surface area (Å²) in [5, 5.41) is 4.68. The summed E-state index contributed by atoms with van der Waals surface area (Å²) in [4.78, 5) is 2.54. The Kier molecular flexibility index (Phi) is 5.17. The lowest BCUT2D eigenvalue weighted by Crippen LogP contribution is -2.36. The van der Waals surface area contributed by atoms with Gasteiger partial charge in [-0.05, 0) is 31.1 Å². The first-order valence-corrected chi connectivity index (χ1v) is 8.50. The van der Waals surface area contributed by atoms with E-state index in [4.69, 9.17) is 5.73 Å². The second-order valence-corrected chi connectivity index (χ2v) is 7.22. The second kappa shape index (κ2) is 6.71.